The monoisotopic (exact) mass is 229 g/mol. The summed E-state index contributed by atoms with van der Waals surface area (Å²) in [7, 11) is -3.74. The lowest BCUT2D eigenvalue weighted by atomic mass is 9.96. The molecule has 1 fully saturated rings. The van der Waals surface area contributed by atoms with Crippen LogP contribution in [0.4, 0.5) is 0 Å². The number of nitrogens with one attached hydrogen (secondary N) is 1. The number of hydrogen-bond acceptors (Lipinski definition) is 3. The summed E-state index contributed by atoms with van der Waals surface area (Å²) in [6.07, 6.45) is 2.64. The van der Waals surface area contributed by atoms with Gasteiger partial charge < -0.3 is 5.32 Å². The highest BCUT2D eigenvalue weighted by Crippen LogP contribution is 2.16. The number of hydrogen-bond donors (Lipinski definition) is 2. The fourth-order valence-corrected chi connectivity index (χ4v) is 2.12. The average molecular weight is 230 g/mol. The lowest BCUT2D eigenvalue weighted by molar-refractivity contribution is 0.361. The van der Waals surface area contributed by atoms with Crippen LogP contribution >= 0.6 is 12.4 Å². The first-order valence-electron chi connectivity index (χ1n) is 4.24. The van der Waals surface area contributed by atoms with E-state index in [4.69, 9.17) is 4.55 Å². The molecule has 1 saturated heterocycles. The van der Waals surface area contributed by atoms with Gasteiger partial charge in [-0.05, 0) is 38.3 Å². The molecular formula is C7H16ClNO3S. The summed E-state index contributed by atoms with van der Waals surface area (Å²) in [4.78, 5) is 0. The molecule has 13 heavy (non-hydrogen) atoms. The number of halogens is 1. The molecule has 6 heteroatoms. The summed E-state index contributed by atoms with van der Waals surface area (Å²) in [6, 6.07) is 0. The van der Waals surface area contributed by atoms with Gasteiger partial charge in [0.2, 0.25) is 0 Å². The van der Waals surface area contributed by atoms with Gasteiger partial charge in [0.05, 0.1) is 5.75 Å². The van der Waals surface area contributed by atoms with Gasteiger partial charge in [0.15, 0.2) is 0 Å². The van der Waals surface area contributed by atoms with E-state index in [0.717, 1.165) is 25.9 Å². The molecule has 80 valence electrons. The second-order valence-corrected chi connectivity index (χ2v) is 4.84. The fourth-order valence-electron chi connectivity index (χ4n) is 1.49. The maximum absolute atomic E-state index is 10.4. The highest BCUT2D eigenvalue weighted by atomic mass is 35.5. The second-order valence-electron chi connectivity index (χ2n) is 3.27. The number of rotatable bonds is 3. The zero-order valence-electron chi connectivity index (χ0n) is 7.40. The van der Waals surface area contributed by atoms with Crippen LogP contribution in [0.2, 0.25) is 0 Å². The molecule has 1 aliphatic rings. The van der Waals surface area contributed by atoms with Gasteiger partial charge in [0.25, 0.3) is 10.1 Å². The lowest BCUT2D eigenvalue weighted by Crippen LogP contribution is -2.28. The molecular weight excluding hydrogens is 214 g/mol. The van der Waals surface area contributed by atoms with E-state index in [1.165, 1.54) is 0 Å². The highest BCUT2D eigenvalue weighted by Gasteiger charge is 2.15. The summed E-state index contributed by atoms with van der Waals surface area (Å²) in [5, 5.41) is 3.20. The minimum absolute atomic E-state index is 0. The molecule has 1 heterocycles. The van der Waals surface area contributed by atoms with Crippen molar-refractivity contribution in [3.8, 4) is 0 Å². The van der Waals surface area contributed by atoms with Gasteiger partial charge in [-0.25, -0.2) is 0 Å². The smallest absolute Gasteiger partial charge is 0.264 e. The van der Waals surface area contributed by atoms with Crippen molar-refractivity contribution in [1.29, 1.82) is 0 Å². The van der Waals surface area contributed by atoms with Crippen LogP contribution in [-0.2, 0) is 10.1 Å². The topological polar surface area (TPSA) is 66.4 Å². The third-order valence-electron chi connectivity index (χ3n) is 2.24. The zero-order chi connectivity index (χ0) is 9.03. The van der Waals surface area contributed by atoms with E-state index in [-0.39, 0.29) is 18.2 Å². The van der Waals surface area contributed by atoms with Gasteiger partial charge in [-0.3, -0.25) is 4.55 Å². The van der Waals surface area contributed by atoms with Gasteiger partial charge in [0.1, 0.15) is 0 Å². The van der Waals surface area contributed by atoms with Crippen LogP contribution in [-0.4, -0.2) is 31.8 Å². The Morgan fingerprint density at radius 1 is 1.31 bits per heavy atom. The molecule has 0 bridgehead atoms. The first kappa shape index (κ1) is 13.2. The summed E-state index contributed by atoms with van der Waals surface area (Å²) in [5.74, 6) is 0.380. The molecule has 0 aliphatic carbocycles. The van der Waals surface area contributed by atoms with Crippen LogP contribution in [0.3, 0.4) is 0 Å². The molecule has 0 amide bonds. The highest BCUT2D eigenvalue weighted by molar-refractivity contribution is 7.85. The van der Waals surface area contributed by atoms with Gasteiger partial charge >= 0.3 is 0 Å². The summed E-state index contributed by atoms with van der Waals surface area (Å²) in [6.45, 7) is 1.94. The van der Waals surface area contributed by atoms with Crippen molar-refractivity contribution in [1.82, 2.24) is 5.32 Å². The van der Waals surface area contributed by atoms with Crippen molar-refractivity contribution in [2.75, 3.05) is 18.8 Å². The standard InChI is InChI=1S/C7H15NO3S.ClH/c9-12(10,11)6-3-7-1-4-8-5-2-7;/h7-8H,1-6H2,(H,9,10,11);1H. The molecule has 0 aromatic carbocycles. The van der Waals surface area contributed by atoms with Crippen molar-refractivity contribution in [2.45, 2.75) is 19.3 Å². The molecule has 4 nitrogen and oxygen atoms in total. The first-order valence-corrected chi connectivity index (χ1v) is 5.85. The Kier molecular flexibility index (Phi) is 5.87. The average Bonchev–Trinajstić information content (AvgIpc) is 2.02. The minimum Gasteiger partial charge on any atom is -0.317 e. The van der Waals surface area contributed by atoms with Crippen molar-refractivity contribution in [2.24, 2.45) is 5.92 Å². The number of piperidine rings is 1. The molecule has 0 unspecified atom stereocenters. The molecule has 0 atom stereocenters. The van der Waals surface area contributed by atoms with E-state index in [9.17, 15) is 8.42 Å². The van der Waals surface area contributed by atoms with Crippen molar-refractivity contribution < 1.29 is 13.0 Å². The van der Waals surface area contributed by atoms with E-state index in [1.807, 2.05) is 0 Å². The van der Waals surface area contributed by atoms with Crippen LogP contribution in [0, 0.1) is 5.92 Å². The largest absolute Gasteiger partial charge is 0.317 e. The third-order valence-corrected chi connectivity index (χ3v) is 2.99. The van der Waals surface area contributed by atoms with Crippen molar-refractivity contribution >= 4 is 22.5 Å². The van der Waals surface area contributed by atoms with Crippen LogP contribution < -0.4 is 5.32 Å². The molecule has 1 rings (SSSR count). The van der Waals surface area contributed by atoms with Gasteiger partial charge in [-0.2, -0.15) is 8.42 Å². The molecule has 2 N–H and O–H groups in total. The van der Waals surface area contributed by atoms with E-state index in [0.29, 0.717) is 12.3 Å². The molecule has 1 aliphatic heterocycles. The summed E-state index contributed by atoms with van der Waals surface area (Å²) >= 11 is 0. The van der Waals surface area contributed by atoms with E-state index < -0.39 is 10.1 Å². The predicted octanol–water partition coefficient (Wildman–Crippen LogP) is 0.686. The predicted molar refractivity (Wildman–Crippen MR) is 53.9 cm³/mol. The Labute approximate surface area is 85.3 Å². The molecule has 0 radical (unpaired) electrons. The Balaban J connectivity index is 0.00000144. The zero-order valence-corrected chi connectivity index (χ0v) is 9.03. The van der Waals surface area contributed by atoms with Crippen molar-refractivity contribution in [3.05, 3.63) is 0 Å². The Morgan fingerprint density at radius 3 is 2.31 bits per heavy atom. The van der Waals surface area contributed by atoms with Gasteiger partial charge in [0, 0.05) is 0 Å². The SMILES string of the molecule is Cl.O=S(=O)(O)CCC1CCNCC1. The minimum atomic E-state index is -3.74. The lowest BCUT2D eigenvalue weighted by Gasteiger charge is -2.21. The van der Waals surface area contributed by atoms with E-state index in [1.54, 1.807) is 0 Å². The Hall–Kier alpha value is 0.160. The van der Waals surface area contributed by atoms with Crippen LogP contribution in [0.15, 0.2) is 0 Å². The van der Waals surface area contributed by atoms with Crippen LogP contribution in [0.1, 0.15) is 19.3 Å². The van der Waals surface area contributed by atoms with Crippen LogP contribution in [0.25, 0.3) is 0 Å². The fraction of sp³-hybridized carbons (Fsp3) is 1.00. The van der Waals surface area contributed by atoms with Crippen LogP contribution in [0.5, 0.6) is 0 Å². The summed E-state index contributed by atoms with van der Waals surface area (Å²) < 4.78 is 29.3. The van der Waals surface area contributed by atoms with Gasteiger partial charge in [-0.1, -0.05) is 0 Å². The second kappa shape index (κ2) is 5.80. The van der Waals surface area contributed by atoms with Crippen molar-refractivity contribution in [3.63, 3.8) is 0 Å². The molecule has 0 spiro atoms. The molecule has 0 saturated carbocycles. The Morgan fingerprint density at radius 2 is 1.85 bits per heavy atom. The van der Waals surface area contributed by atoms with Gasteiger partial charge in [-0.15, -0.1) is 12.4 Å². The quantitative estimate of drug-likeness (QED) is 0.699. The molecule has 0 aromatic rings. The van der Waals surface area contributed by atoms with E-state index in [2.05, 4.69) is 5.32 Å². The molecule has 0 aromatic heterocycles. The van der Waals surface area contributed by atoms with E-state index >= 15 is 0 Å². The maximum atomic E-state index is 10.4. The Bertz CT molecular complexity index is 224. The first-order chi connectivity index (χ1) is 5.58. The third kappa shape index (κ3) is 6.26. The maximum Gasteiger partial charge on any atom is 0.264 e. The summed E-state index contributed by atoms with van der Waals surface area (Å²) in [5.41, 5.74) is 0. The normalized spacial score (nSPS) is 19.5.